The number of carbonyl (C=O) groups excluding carboxylic acids is 1. The molecule has 0 fully saturated rings. The van der Waals surface area contributed by atoms with Crippen molar-refractivity contribution < 1.29 is 9.53 Å². The zero-order chi connectivity index (χ0) is 25.6. The Kier molecular flexibility index (Phi) is 12.0. The molecule has 2 aromatic heterocycles. The van der Waals surface area contributed by atoms with Crippen molar-refractivity contribution in [1.29, 1.82) is 0 Å². The molecule has 2 aromatic rings. The van der Waals surface area contributed by atoms with E-state index < -0.39 is 17.5 Å². The van der Waals surface area contributed by atoms with Crippen molar-refractivity contribution in [3.8, 4) is 0 Å². The van der Waals surface area contributed by atoms with Gasteiger partial charge in [0.05, 0.1) is 0 Å². The van der Waals surface area contributed by atoms with Crippen LogP contribution in [0, 0.1) is 0 Å². The summed E-state index contributed by atoms with van der Waals surface area (Å²) in [6.07, 6.45) is 23.7. The van der Waals surface area contributed by atoms with Crippen molar-refractivity contribution in [2.75, 3.05) is 0 Å². The number of hydrogen-bond donors (Lipinski definition) is 0. The highest BCUT2D eigenvalue weighted by atomic mass is 16.6. The second-order valence-electron chi connectivity index (χ2n) is 8.75. The van der Waals surface area contributed by atoms with Gasteiger partial charge in [-0.2, -0.15) is 0 Å². The predicted molar refractivity (Wildman–Crippen MR) is 140 cm³/mol. The van der Waals surface area contributed by atoms with Crippen molar-refractivity contribution in [3.63, 3.8) is 0 Å². The highest BCUT2D eigenvalue weighted by Gasteiger charge is 2.19. The third-order valence-corrected chi connectivity index (χ3v) is 5.89. The number of esters is 1. The van der Waals surface area contributed by atoms with Gasteiger partial charge in [-0.25, -0.2) is 9.78 Å². The number of hydrogen-bond acceptors (Lipinski definition) is 5. The number of aryl methyl sites for hydroxylation is 1. The quantitative estimate of drug-likeness (QED) is 0.200. The second kappa shape index (κ2) is 15.0. The van der Waals surface area contributed by atoms with Gasteiger partial charge in [-0.05, 0) is 51.9 Å². The number of ether oxygens (including phenoxy) is 1. The van der Waals surface area contributed by atoms with Gasteiger partial charge in [0.15, 0.2) is 17.4 Å². The molecule has 192 valence electrons. The number of rotatable bonds is 15. The van der Waals surface area contributed by atoms with Crippen LogP contribution in [0.15, 0.2) is 52.4 Å². The number of nitrogens with zero attached hydrogens (tertiary/aromatic N) is 4. The summed E-state index contributed by atoms with van der Waals surface area (Å²) in [5.41, 5.74) is -0.421. The molecule has 0 saturated carbocycles. The monoisotopic (exact) mass is 484 g/mol. The van der Waals surface area contributed by atoms with Crippen molar-refractivity contribution in [1.82, 2.24) is 18.7 Å². The Balaban J connectivity index is 1.67. The van der Waals surface area contributed by atoms with E-state index in [1.54, 1.807) is 14.0 Å². The molecular formula is C27H40N4O4. The van der Waals surface area contributed by atoms with E-state index in [1.807, 2.05) is 0 Å². The zero-order valence-corrected chi connectivity index (χ0v) is 21.6. The van der Waals surface area contributed by atoms with E-state index in [-0.39, 0.29) is 17.1 Å². The van der Waals surface area contributed by atoms with Gasteiger partial charge in [-0.1, -0.05) is 56.2 Å². The first kappa shape index (κ1) is 28.1. The first-order valence-electron chi connectivity index (χ1n) is 12.7. The fourth-order valence-electron chi connectivity index (χ4n) is 3.77. The van der Waals surface area contributed by atoms with Crippen LogP contribution in [0.1, 0.15) is 84.3 Å². The number of aromatic nitrogens is 4. The highest BCUT2D eigenvalue weighted by Crippen LogP contribution is 2.16. The summed E-state index contributed by atoms with van der Waals surface area (Å²) < 4.78 is 9.32. The fraction of sp³-hybridized carbons (Fsp3) is 0.556. The molecule has 0 spiro atoms. The van der Waals surface area contributed by atoms with E-state index in [2.05, 4.69) is 48.4 Å². The van der Waals surface area contributed by atoms with Crippen molar-refractivity contribution >= 4 is 17.1 Å². The van der Waals surface area contributed by atoms with Crippen LogP contribution in [-0.2, 0) is 23.6 Å². The Morgan fingerprint density at radius 2 is 1.54 bits per heavy atom. The number of fused-ring (bicyclic) bond motifs is 1. The molecule has 0 bridgehead atoms. The number of unbranched alkanes of at least 4 members (excludes halogenated alkanes) is 5. The van der Waals surface area contributed by atoms with Crippen LogP contribution >= 0.6 is 0 Å². The first-order valence-corrected chi connectivity index (χ1v) is 12.7. The SMILES string of the molecule is CCCCC/C=C\C/C=C\C/C=C\CCCCC(=O)OC(C)n1cnc2c1c(=O)n(C)c(=O)n2C. The van der Waals surface area contributed by atoms with Crippen LogP contribution in [0.4, 0.5) is 0 Å². The Labute approximate surface area is 207 Å². The van der Waals surface area contributed by atoms with Crippen LogP contribution in [0.5, 0.6) is 0 Å². The second-order valence-corrected chi connectivity index (χ2v) is 8.75. The van der Waals surface area contributed by atoms with Crippen LogP contribution in [-0.4, -0.2) is 24.7 Å². The Morgan fingerprint density at radius 3 is 2.17 bits per heavy atom. The molecule has 0 N–H and O–H groups in total. The maximum absolute atomic E-state index is 12.5. The standard InChI is InChI=1S/C27H40N4O4/c1-5-6-7-8-9-10-11-12-13-14-15-16-17-18-19-20-23(32)35-22(2)31-21-28-25-24(31)26(33)30(4)27(34)29(25)3/h9-10,12-13,15-16,21-22H,5-8,11,14,17-20H2,1-4H3/b10-9-,13-12-,16-15-. The van der Waals surface area contributed by atoms with Gasteiger partial charge in [0.1, 0.15) is 6.33 Å². The van der Waals surface area contributed by atoms with E-state index in [0.717, 1.165) is 36.7 Å². The molecule has 0 aliphatic heterocycles. The molecule has 1 unspecified atom stereocenters. The van der Waals surface area contributed by atoms with Crippen LogP contribution in [0.2, 0.25) is 0 Å². The van der Waals surface area contributed by atoms with Crippen LogP contribution < -0.4 is 11.2 Å². The van der Waals surface area contributed by atoms with Gasteiger partial charge >= 0.3 is 11.7 Å². The lowest BCUT2D eigenvalue weighted by molar-refractivity contribution is -0.152. The minimum Gasteiger partial charge on any atom is -0.441 e. The summed E-state index contributed by atoms with van der Waals surface area (Å²) in [7, 11) is 2.97. The maximum atomic E-state index is 12.5. The van der Waals surface area contributed by atoms with E-state index in [0.29, 0.717) is 6.42 Å². The molecule has 0 aromatic carbocycles. The van der Waals surface area contributed by atoms with Gasteiger partial charge < -0.3 is 4.74 Å². The van der Waals surface area contributed by atoms with Gasteiger partial charge in [0.2, 0.25) is 0 Å². The van der Waals surface area contributed by atoms with Crippen molar-refractivity contribution in [2.45, 2.75) is 84.3 Å². The molecular weight excluding hydrogens is 444 g/mol. The minimum atomic E-state index is -0.699. The number of carbonyl (C=O) groups is 1. The normalized spacial score (nSPS) is 13.0. The van der Waals surface area contributed by atoms with Gasteiger partial charge in [-0.3, -0.25) is 23.3 Å². The first-order chi connectivity index (χ1) is 16.9. The molecule has 0 aliphatic carbocycles. The largest absolute Gasteiger partial charge is 0.441 e. The summed E-state index contributed by atoms with van der Waals surface area (Å²) in [6, 6.07) is 0. The van der Waals surface area contributed by atoms with E-state index in [4.69, 9.17) is 4.74 Å². The molecule has 8 heteroatoms. The molecule has 0 aliphatic rings. The summed E-state index contributed by atoms with van der Waals surface area (Å²) in [5.74, 6) is -0.323. The summed E-state index contributed by atoms with van der Waals surface area (Å²) in [6.45, 7) is 3.90. The zero-order valence-electron chi connectivity index (χ0n) is 21.6. The minimum absolute atomic E-state index is 0.233. The molecule has 8 nitrogen and oxygen atoms in total. The van der Waals surface area contributed by atoms with Crippen LogP contribution in [0.3, 0.4) is 0 Å². The molecule has 0 amide bonds. The van der Waals surface area contributed by atoms with Gasteiger partial charge in [-0.15, -0.1) is 0 Å². The number of imidazole rings is 1. The smallest absolute Gasteiger partial charge is 0.332 e. The van der Waals surface area contributed by atoms with Crippen LogP contribution in [0.25, 0.3) is 11.2 Å². The summed E-state index contributed by atoms with van der Waals surface area (Å²) in [5, 5.41) is 0. The van der Waals surface area contributed by atoms with E-state index >= 15 is 0 Å². The van der Waals surface area contributed by atoms with E-state index in [9.17, 15) is 14.4 Å². The molecule has 1 atom stereocenters. The number of allylic oxidation sites excluding steroid dienone is 6. The van der Waals surface area contributed by atoms with Gasteiger partial charge in [0, 0.05) is 20.5 Å². The summed E-state index contributed by atoms with van der Waals surface area (Å²) >= 11 is 0. The topological polar surface area (TPSA) is 88.1 Å². The Morgan fingerprint density at radius 1 is 0.943 bits per heavy atom. The Bertz CT molecular complexity index is 1150. The lowest BCUT2D eigenvalue weighted by Gasteiger charge is -2.15. The lowest BCUT2D eigenvalue weighted by Crippen LogP contribution is -2.37. The predicted octanol–water partition coefficient (Wildman–Crippen LogP) is 5.08. The lowest BCUT2D eigenvalue weighted by atomic mass is 10.1. The third kappa shape index (κ3) is 8.53. The molecule has 2 rings (SSSR count). The molecule has 2 heterocycles. The maximum Gasteiger partial charge on any atom is 0.332 e. The Hall–Kier alpha value is -3.16. The summed E-state index contributed by atoms with van der Waals surface area (Å²) in [4.78, 5) is 41.0. The van der Waals surface area contributed by atoms with Gasteiger partial charge in [0.25, 0.3) is 5.56 Å². The average molecular weight is 485 g/mol. The average Bonchev–Trinajstić information content (AvgIpc) is 3.29. The van der Waals surface area contributed by atoms with Crippen molar-refractivity contribution in [2.24, 2.45) is 14.1 Å². The molecule has 0 saturated heterocycles. The molecule has 35 heavy (non-hydrogen) atoms. The highest BCUT2D eigenvalue weighted by molar-refractivity contribution is 5.71. The van der Waals surface area contributed by atoms with E-state index in [1.165, 1.54) is 48.2 Å². The molecule has 0 radical (unpaired) electrons. The fourth-order valence-corrected chi connectivity index (χ4v) is 3.77. The van der Waals surface area contributed by atoms with Crippen molar-refractivity contribution in [3.05, 3.63) is 63.6 Å². The third-order valence-electron chi connectivity index (χ3n) is 5.89.